The van der Waals surface area contributed by atoms with Gasteiger partial charge in [0.05, 0.1) is 19.3 Å². The van der Waals surface area contributed by atoms with Crippen LogP contribution in [0.2, 0.25) is 0 Å². The van der Waals surface area contributed by atoms with Gasteiger partial charge in [0.25, 0.3) is 0 Å². The first-order valence-electron chi connectivity index (χ1n) is 8.41. The van der Waals surface area contributed by atoms with Crippen molar-refractivity contribution in [3.05, 3.63) is 30.3 Å². The van der Waals surface area contributed by atoms with Gasteiger partial charge in [0, 0.05) is 12.5 Å². The summed E-state index contributed by atoms with van der Waals surface area (Å²) in [6, 6.07) is 10.7. The summed E-state index contributed by atoms with van der Waals surface area (Å²) < 4.78 is 11.6. The number of benzene rings is 1. The van der Waals surface area contributed by atoms with Crippen molar-refractivity contribution in [3.63, 3.8) is 0 Å². The molecule has 0 amide bonds. The topological polar surface area (TPSA) is 30.5 Å². The van der Waals surface area contributed by atoms with Crippen molar-refractivity contribution < 1.29 is 9.47 Å². The van der Waals surface area contributed by atoms with Gasteiger partial charge >= 0.3 is 0 Å². The average molecular weight is 291 g/mol. The molecule has 1 aliphatic rings. The van der Waals surface area contributed by atoms with Crippen molar-refractivity contribution in [2.45, 2.75) is 57.6 Å². The molecule has 1 fully saturated rings. The summed E-state index contributed by atoms with van der Waals surface area (Å²) in [6.07, 6.45) is 7.54. The number of nitrogens with one attached hydrogen (secondary N) is 1. The fourth-order valence-electron chi connectivity index (χ4n) is 2.80. The zero-order valence-corrected chi connectivity index (χ0v) is 13.2. The van der Waals surface area contributed by atoms with E-state index in [4.69, 9.17) is 9.47 Å². The molecule has 3 nitrogen and oxygen atoms in total. The maximum atomic E-state index is 5.97. The second-order valence-corrected chi connectivity index (χ2v) is 5.81. The lowest BCUT2D eigenvalue weighted by molar-refractivity contribution is 0.0171. The SMILES string of the molecule is CCCNC1CCC(OCCCOc2ccccc2)CC1. The molecule has 0 bridgehead atoms. The largest absolute Gasteiger partial charge is 0.494 e. The third-order valence-electron chi connectivity index (χ3n) is 4.01. The summed E-state index contributed by atoms with van der Waals surface area (Å²) in [5.41, 5.74) is 0. The Morgan fingerprint density at radius 2 is 1.81 bits per heavy atom. The predicted octanol–water partition coefficient (Wildman–Crippen LogP) is 3.78. The van der Waals surface area contributed by atoms with Crippen molar-refractivity contribution >= 4 is 0 Å². The zero-order chi connectivity index (χ0) is 14.8. The minimum Gasteiger partial charge on any atom is -0.494 e. The van der Waals surface area contributed by atoms with Crippen LogP contribution in [0.1, 0.15) is 45.4 Å². The molecule has 0 radical (unpaired) electrons. The number of hydrogen-bond donors (Lipinski definition) is 1. The van der Waals surface area contributed by atoms with Gasteiger partial charge < -0.3 is 14.8 Å². The van der Waals surface area contributed by atoms with Gasteiger partial charge in [-0.15, -0.1) is 0 Å². The molecule has 2 rings (SSSR count). The number of rotatable bonds is 9. The Bertz CT molecular complexity index is 361. The van der Waals surface area contributed by atoms with Gasteiger partial charge in [-0.25, -0.2) is 0 Å². The van der Waals surface area contributed by atoms with Crippen LogP contribution in [0.15, 0.2) is 30.3 Å². The first-order chi connectivity index (χ1) is 10.4. The molecule has 1 N–H and O–H groups in total. The van der Waals surface area contributed by atoms with Crippen LogP contribution < -0.4 is 10.1 Å². The molecular weight excluding hydrogens is 262 g/mol. The standard InChI is InChI=1S/C18H29NO2/c1-2-13-19-16-9-11-18(12-10-16)21-15-6-14-20-17-7-4-3-5-8-17/h3-5,7-8,16,18-19H,2,6,9-15H2,1H3. The van der Waals surface area contributed by atoms with E-state index in [-0.39, 0.29) is 0 Å². The van der Waals surface area contributed by atoms with Gasteiger partial charge in [0.2, 0.25) is 0 Å². The van der Waals surface area contributed by atoms with Crippen molar-refractivity contribution in [1.29, 1.82) is 0 Å². The smallest absolute Gasteiger partial charge is 0.119 e. The van der Waals surface area contributed by atoms with Crippen LogP contribution in [0.4, 0.5) is 0 Å². The number of hydrogen-bond acceptors (Lipinski definition) is 3. The van der Waals surface area contributed by atoms with Gasteiger partial charge in [0.1, 0.15) is 5.75 Å². The number of ether oxygens (including phenoxy) is 2. The summed E-state index contributed by atoms with van der Waals surface area (Å²) in [7, 11) is 0. The van der Waals surface area contributed by atoms with Crippen LogP contribution in [-0.4, -0.2) is 31.9 Å². The molecular formula is C18H29NO2. The Morgan fingerprint density at radius 3 is 2.52 bits per heavy atom. The van der Waals surface area contributed by atoms with Crippen LogP contribution in [0.5, 0.6) is 5.75 Å². The monoisotopic (exact) mass is 291 g/mol. The molecule has 1 aliphatic carbocycles. The van der Waals surface area contributed by atoms with Gasteiger partial charge in [-0.05, 0) is 50.8 Å². The fourth-order valence-corrected chi connectivity index (χ4v) is 2.80. The summed E-state index contributed by atoms with van der Waals surface area (Å²) >= 11 is 0. The molecule has 3 heteroatoms. The molecule has 0 atom stereocenters. The third kappa shape index (κ3) is 6.49. The fraction of sp³-hybridized carbons (Fsp3) is 0.667. The van der Waals surface area contributed by atoms with Gasteiger partial charge in [-0.3, -0.25) is 0 Å². The van der Waals surface area contributed by atoms with E-state index in [9.17, 15) is 0 Å². The highest BCUT2D eigenvalue weighted by molar-refractivity contribution is 5.20. The van der Waals surface area contributed by atoms with Crippen LogP contribution in [0.3, 0.4) is 0 Å². The van der Waals surface area contributed by atoms with Crippen LogP contribution in [0.25, 0.3) is 0 Å². The Kier molecular flexibility index (Phi) is 7.61. The molecule has 21 heavy (non-hydrogen) atoms. The highest BCUT2D eigenvalue weighted by Gasteiger charge is 2.20. The van der Waals surface area contributed by atoms with E-state index >= 15 is 0 Å². The minimum atomic E-state index is 0.460. The maximum absolute atomic E-state index is 5.97. The van der Waals surface area contributed by atoms with E-state index < -0.39 is 0 Å². The average Bonchev–Trinajstić information content (AvgIpc) is 2.55. The molecule has 1 aromatic carbocycles. The quantitative estimate of drug-likeness (QED) is 0.702. The van der Waals surface area contributed by atoms with Crippen LogP contribution in [-0.2, 0) is 4.74 Å². The van der Waals surface area contributed by atoms with E-state index in [1.807, 2.05) is 30.3 Å². The normalized spacial score (nSPS) is 22.1. The summed E-state index contributed by atoms with van der Waals surface area (Å²) in [6.45, 7) is 4.91. The predicted molar refractivity (Wildman–Crippen MR) is 86.8 cm³/mol. The van der Waals surface area contributed by atoms with E-state index in [1.165, 1.54) is 32.1 Å². The summed E-state index contributed by atoms with van der Waals surface area (Å²) in [5.74, 6) is 0.944. The van der Waals surface area contributed by atoms with E-state index in [0.717, 1.165) is 31.9 Å². The molecule has 0 unspecified atom stereocenters. The van der Waals surface area contributed by atoms with Crippen molar-refractivity contribution in [2.24, 2.45) is 0 Å². The first kappa shape index (κ1) is 16.3. The lowest BCUT2D eigenvalue weighted by atomic mass is 9.93. The lowest BCUT2D eigenvalue weighted by Crippen LogP contribution is -2.35. The highest BCUT2D eigenvalue weighted by Crippen LogP contribution is 2.21. The Balaban J connectivity index is 1.48. The van der Waals surface area contributed by atoms with E-state index in [0.29, 0.717) is 12.1 Å². The van der Waals surface area contributed by atoms with Crippen molar-refractivity contribution in [3.8, 4) is 5.75 Å². The van der Waals surface area contributed by atoms with E-state index in [2.05, 4.69) is 12.2 Å². The molecule has 0 aromatic heterocycles. The second-order valence-electron chi connectivity index (χ2n) is 5.81. The molecule has 0 aliphatic heterocycles. The number of para-hydroxylation sites is 1. The molecule has 1 saturated carbocycles. The van der Waals surface area contributed by atoms with Crippen molar-refractivity contribution in [1.82, 2.24) is 5.32 Å². The molecule has 0 saturated heterocycles. The summed E-state index contributed by atoms with van der Waals surface area (Å²) in [5, 5.41) is 3.61. The van der Waals surface area contributed by atoms with Crippen molar-refractivity contribution in [2.75, 3.05) is 19.8 Å². The van der Waals surface area contributed by atoms with E-state index in [1.54, 1.807) is 0 Å². The second kappa shape index (κ2) is 9.80. The van der Waals surface area contributed by atoms with Crippen LogP contribution in [0, 0.1) is 0 Å². The zero-order valence-electron chi connectivity index (χ0n) is 13.2. The molecule has 1 aromatic rings. The lowest BCUT2D eigenvalue weighted by Gasteiger charge is -2.29. The van der Waals surface area contributed by atoms with Crippen LogP contribution >= 0.6 is 0 Å². The highest BCUT2D eigenvalue weighted by atomic mass is 16.5. The third-order valence-corrected chi connectivity index (χ3v) is 4.01. The Morgan fingerprint density at radius 1 is 1.05 bits per heavy atom. The summed E-state index contributed by atoms with van der Waals surface area (Å²) in [4.78, 5) is 0. The molecule has 118 valence electrons. The van der Waals surface area contributed by atoms with Gasteiger partial charge in [0.15, 0.2) is 0 Å². The minimum absolute atomic E-state index is 0.460. The molecule has 0 heterocycles. The molecule has 0 spiro atoms. The van der Waals surface area contributed by atoms with Gasteiger partial charge in [-0.2, -0.15) is 0 Å². The first-order valence-corrected chi connectivity index (χ1v) is 8.41. The Labute approximate surface area is 129 Å². The maximum Gasteiger partial charge on any atom is 0.119 e. The van der Waals surface area contributed by atoms with Gasteiger partial charge in [-0.1, -0.05) is 25.1 Å². The Hall–Kier alpha value is -1.06.